The quantitative estimate of drug-likeness (QED) is 0.538. The fourth-order valence-electron chi connectivity index (χ4n) is 4.50. The molecule has 0 saturated carbocycles. The summed E-state index contributed by atoms with van der Waals surface area (Å²) in [6.07, 6.45) is 1.30. The van der Waals surface area contributed by atoms with Gasteiger partial charge in [0.05, 0.1) is 9.79 Å². The van der Waals surface area contributed by atoms with Crippen molar-refractivity contribution in [3.63, 3.8) is 0 Å². The molecule has 5 rings (SSSR count). The molecule has 3 aromatic carbocycles. The van der Waals surface area contributed by atoms with Crippen LogP contribution in [0, 0.1) is 0 Å². The Kier molecular flexibility index (Phi) is 5.93. The molecule has 0 N–H and O–H groups in total. The SMILES string of the molecule is O=C1CCCN1c1ccc(S(=O)(=O)N2CCN(S(=O)(=O)c3ccc4ccccc4c3)CC2)cc1. The van der Waals surface area contributed by atoms with Crippen molar-refractivity contribution in [2.75, 3.05) is 37.6 Å². The molecule has 0 aliphatic carbocycles. The van der Waals surface area contributed by atoms with Crippen LogP contribution in [0.3, 0.4) is 0 Å². The van der Waals surface area contributed by atoms with Crippen LogP contribution in [-0.4, -0.2) is 64.1 Å². The van der Waals surface area contributed by atoms with Crippen LogP contribution in [0.5, 0.6) is 0 Å². The predicted octanol–water partition coefficient (Wildman–Crippen LogP) is 2.66. The van der Waals surface area contributed by atoms with Crippen molar-refractivity contribution >= 4 is 42.4 Å². The lowest BCUT2D eigenvalue weighted by Crippen LogP contribution is -2.50. The zero-order chi connectivity index (χ0) is 23.9. The summed E-state index contributed by atoms with van der Waals surface area (Å²) in [6.45, 7) is 0.936. The molecule has 1 amide bonds. The molecule has 3 aromatic rings. The molecule has 178 valence electrons. The lowest BCUT2D eigenvalue weighted by atomic mass is 10.1. The fraction of sp³-hybridized carbons (Fsp3) is 0.292. The van der Waals surface area contributed by atoms with Crippen molar-refractivity contribution in [3.05, 3.63) is 66.7 Å². The largest absolute Gasteiger partial charge is 0.312 e. The van der Waals surface area contributed by atoms with Crippen LogP contribution < -0.4 is 4.90 Å². The van der Waals surface area contributed by atoms with E-state index in [4.69, 9.17) is 0 Å². The minimum Gasteiger partial charge on any atom is -0.312 e. The molecule has 10 heteroatoms. The van der Waals surface area contributed by atoms with E-state index in [0.29, 0.717) is 18.7 Å². The van der Waals surface area contributed by atoms with Gasteiger partial charge in [-0.3, -0.25) is 4.79 Å². The molecule has 0 unspecified atom stereocenters. The number of carbonyl (C=O) groups is 1. The van der Waals surface area contributed by atoms with Crippen LogP contribution in [-0.2, 0) is 24.8 Å². The van der Waals surface area contributed by atoms with Crippen molar-refractivity contribution in [2.24, 2.45) is 0 Å². The Morgan fingerprint density at radius 2 is 1.18 bits per heavy atom. The minimum atomic E-state index is -3.77. The summed E-state index contributed by atoms with van der Waals surface area (Å²) in [5.74, 6) is 0.0411. The molecule has 8 nitrogen and oxygen atoms in total. The first-order valence-corrected chi connectivity index (χ1v) is 14.0. The average Bonchev–Trinajstić information content (AvgIpc) is 3.29. The van der Waals surface area contributed by atoms with Gasteiger partial charge in [-0.25, -0.2) is 16.8 Å². The third-order valence-corrected chi connectivity index (χ3v) is 10.2. The molecule has 34 heavy (non-hydrogen) atoms. The lowest BCUT2D eigenvalue weighted by Gasteiger charge is -2.33. The highest BCUT2D eigenvalue weighted by molar-refractivity contribution is 7.89. The van der Waals surface area contributed by atoms with E-state index in [1.807, 2.05) is 24.3 Å². The molecule has 2 aliphatic heterocycles. The van der Waals surface area contributed by atoms with Crippen molar-refractivity contribution < 1.29 is 21.6 Å². The molecule has 0 aromatic heterocycles. The minimum absolute atomic E-state index is 0.0411. The first-order valence-electron chi connectivity index (χ1n) is 11.2. The van der Waals surface area contributed by atoms with Gasteiger partial charge in [-0.1, -0.05) is 30.3 Å². The van der Waals surface area contributed by atoms with Gasteiger partial charge in [0.25, 0.3) is 0 Å². The molecular weight excluding hydrogens is 474 g/mol. The Balaban J connectivity index is 1.29. The summed E-state index contributed by atoms with van der Waals surface area (Å²) in [5.41, 5.74) is 0.688. The van der Waals surface area contributed by atoms with Gasteiger partial charge in [-0.05, 0) is 53.6 Å². The predicted molar refractivity (Wildman–Crippen MR) is 129 cm³/mol. The van der Waals surface area contributed by atoms with Crippen LogP contribution in [0.1, 0.15) is 12.8 Å². The number of rotatable bonds is 5. The number of nitrogens with zero attached hydrogens (tertiary/aromatic N) is 3. The number of piperazine rings is 1. The van der Waals surface area contributed by atoms with Crippen LogP contribution in [0.15, 0.2) is 76.5 Å². The monoisotopic (exact) mass is 499 g/mol. The molecule has 2 saturated heterocycles. The highest BCUT2D eigenvalue weighted by atomic mass is 32.2. The van der Waals surface area contributed by atoms with Gasteiger partial charge >= 0.3 is 0 Å². The van der Waals surface area contributed by atoms with Crippen molar-refractivity contribution in [1.29, 1.82) is 0 Å². The first-order chi connectivity index (χ1) is 16.3. The summed E-state index contributed by atoms with van der Waals surface area (Å²) >= 11 is 0. The second-order valence-corrected chi connectivity index (χ2v) is 12.3. The Morgan fingerprint density at radius 1 is 0.618 bits per heavy atom. The molecule has 0 radical (unpaired) electrons. The summed E-state index contributed by atoms with van der Waals surface area (Å²) in [4.78, 5) is 13.9. The topological polar surface area (TPSA) is 95.1 Å². The summed E-state index contributed by atoms with van der Waals surface area (Å²) < 4.78 is 55.3. The van der Waals surface area contributed by atoms with Crippen molar-refractivity contribution in [3.8, 4) is 0 Å². The number of benzene rings is 3. The van der Waals surface area contributed by atoms with E-state index in [0.717, 1.165) is 17.2 Å². The molecule has 2 aliphatic rings. The molecule has 2 fully saturated rings. The maximum atomic E-state index is 13.2. The third-order valence-electron chi connectivity index (χ3n) is 6.42. The van der Waals surface area contributed by atoms with Gasteiger partial charge in [-0.15, -0.1) is 0 Å². The van der Waals surface area contributed by atoms with Gasteiger partial charge in [-0.2, -0.15) is 8.61 Å². The standard InChI is InChI=1S/C24H25N3O5S2/c28-24-6-3-13-27(24)21-8-11-22(12-9-21)33(29,30)25-14-16-26(17-15-25)34(31,32)23-10-7-19-4-1-2-5-20(19)18-23/h1-2,4-5,7-12,18H,3,6,13-17H2. The Morgan fingerprint density at radius 3 is 1.76 bits per heavy atom. The number of anilines is 1. The Hall–Kier alpha value is -2.79. The highest BCUT2D eigenvalue weighted by Gasteiger charge is 2.34. The normalized spacial score (nSPS) is 18.6. The first kappa shape index (κ1) is 23.0. The van der Waals surface area contributed by atoms with Crippen molar-refractivity contribution in [2.45, 2.75) is 22.6 Å². The van der Waals surface area contributed by atoms with Gasteiger partial charge in [0.2, 0.25) is 26.0 Å². The fourth-order valence-corrected chi connectivity index (χ4v) is 7.38. The summed E-state index contributed by atoms with van der Waals surface area (Å²) in [5, 5.41) is 1.79. The Labute approximate surface area is 199 Å². The van der Waals surface area contributed by atoms with E-state index in [-0.39, 0.29) is 41.9 Å². The molecular formula is C24H25N3O5S2. The number of carbonyl (C=O) groups excluding carboxylic acids is 1. The zero-order valence-electron chi connectivity index (χ0n) is 18.5. The second kappa shape index (κ2) is 8.77. The molecule has 0 bridgehead atoms. The number of hydrogen-bond donors (Lipinski definition) is 0. The number of fused-ring (bicyclic) bond motifs is 1. The van der Waals surface area contributed by atoms with E-state index in [9.17, 15) is 21.6 Å². The molecule has 0 atom stereocenters. The van der Waals surface area contributed by atoms with E-state index in [2.05, 4.69) is 0 Å². The molecule has 2 heterocycles. The second-order valence-electron chi connectivity index (χ2n) is 8.46. The highest BCUT2D eigenvalue weighted by Crippen LogP contribution is 2.27. The van der Waals surface area contributed by atoms with Crippen LogP contribution in [0.2, 0.25) is 0 Å². The van der Waals surface area contributed by atoms with Crippen LogP contribution in [0.4, 0.5) is 5.69 Å². The summed E-state index contributed by atoms with van der Waals surface area (Å²) in [7, 11) is -7.50. The van der Waals surface area contributed by atoms with Gasteiger partial charge in [0, 0.05) is 44.8 Å². The summed E-state index contributed by atoms with van der Waals surface area (Å²) in [6, 6.07) is 18.9. The average molecular weight is 500 g/mol. The number of amides is 1. The van der Waals surface area contributed by atoms with E-state index in [1.54, 1.807) is 35.2 Å². The number of hydrogen-bond acceptors (Lipinski definition) is 5. The van der Waals surface area contributed by atoms with Gasteiger partial charge < -0.3 is 4.90 Å². The third kappa shape index (κ3) is 4.11. The molecule has 0 spiro atoms. The van der Waals surface area contributed by atoms with Gasteiger partial charge in [0.15, 0.2) is 0 Å². The maximum Gasteiger partial charge on any atom is 0.243 e. The van der Waals surface area contributed by atoms with E-state index in [1.165, 1.54) is 20.7 Å². The van der Waals surface area contributed by atoms with Gasteiger partial charge in [0.1, 0.15) is 0 Å². The number of sulfonamides is 2. The Bertz CT molecular complexity index is 1450. The lowest BCUT2D eigenvalue weighted by molar-refractivity contribution is -0.117. The van der Waals surface area contributed by atoms with Crippen molar-refractivity contribution in [1.82, 2.24) is 8.61 Å². The smallest absolute Gasteiger partial charge is 0.243 e. The zero-order valence-corrected chi connectivity index (χ0v) is 20.1. The van der Waals surface area contributed by atoms with Crippen LogP contribution in [0.25, 0.3) is 10.8 Å². The van der Waals surface area contributed by atoms with Crippen LogP contribution >= 0.6 is 0 Å². The van der Waals surface area contributed by atoms with E-state index >= 15 is 0 Å². The van der Waals surface area contributed by atoms with E-state index < -0.39 is 20.0 Å². The maximum absolute atomic E-state index is 13.2.